The van der Waals surface area contributed by atoms with Gasteiger partial charge in [0.05, 0.1) is 12.0 Å². The quantitative estimate of drug-likeness (QED) is 0.762. The first-order chi connectivity index (χ1) is 6.82. The Kier molecular flexibility index (Phi) is 3.34. The molecule has 1 rings (SSSR count). The lowest BCUT2D eigenvalue weighted by Crippen LogP contribution is -2.26. The van der Waals surface area contributed by atoms with Crippen molar-refractivity contribution in [2.75, 3.05) is 0 Å². The van der Waals surface area contributed by atoms with Gasteiger partial charge in [-0.25, -0.2) is 4.39 Å². The molecule has 0 unspecified atom stereocenters. The summed E-state index contributed by atoms with van der Waals surface area (Å²) < 4.78 is 49.2. The zero-order valence-electron chi connectivity index (χ0n) is 7.92. The normalized spacial score (nSPS) is 16.1. The number of alkyl halides is 3. The molecule has 84 valence electrons. The van der Waals surface area contributed by atoms with Gasteiger partial charge in [0, 0.05) is 0 Å². The Labute approximate surface area is 84.3 Å². The van der Waals surface area contributed by atoms with Crippen LogP contribution in [0.5, 0.6) is 0 Å². The smallest absolute Gasteiger partial charge is 0.388 e. The van der Waals surface area contributed by atoms with E-state index in [4.69, 9.17) is 0 Å². The van der Waals surface area contributed by atoms with Gasteiger partial charge in [-0.3, -0.25) is 0 Å². The molecule has 0 bridgehead atoms. The maximum Gasteiger partial charge on any atom is 0.394 e. The summed E-state index contributed by atoms with van der Waals surface area (Å²) in [4.78, 5) is 0. The second-order valence-corrected chi connectivity index (χ2v) is 3.33. The van der Waals surface area contributed by atoms with E-state index in [1.807, 2.05) is 0 Å². The van der Waals surface area contributed by atoms with Crippen molar-refractivity contribution in [3.8, 4) is 0 Å². The topological polar surface area (TPSA) is 20.2 Å². The van der Waals surface area contributed by atoms with Crippen LogP contribution in [-0.4, -0.2) is 11.3 Å². The van der Waals surface area contributed by atoms with Crippen LogP contribution in [0.25, 0.3) is 0 Å². The molecule has 1 N–H and O–H groups in total. The molecule has 0 fully saturated rings. The molecule has 1 aromatic rings. The average Bonchev–Trinajstić information content (AvgIpc) is 2.15. The maximum absolute atomic E-state index is 12.5. The number of rotatable bonds is 2. The highest BCUT2D eigenvalue weighted by Gasteiger charge is 2.41. The predicted octanol–water partition coefficient (Wildman–Crippen LogP) is 3.06. The van der Waals surface area contributed by atoms with Gasteiger partial charge in [-0.1, -0.05) is 19.1 Å². The minimum absolute atomic E-state index is 0.0567. The van der Waals surface area contributed by atoms with E-state index in [9.17, 15) is 22.7 Å². The molecule has 15 heavy (non-hydrogen) atoms. The standard InChI is InChI=1S/C10H10F4O/c1-6(10(12,13)14)9(15)7-2-4-8(11)5-3-7/h2-6,9,15H,1H3/t6-,9+/m1/s1. The minimum Gasteiger partial charge on any atom is -0.388 e. The summed E-state index contributed by atoms with van der Waals surface area (Å²) in [6.45, 7) is 0.883. The summed E-state index contributed by atoms with van der Waals surface area (Å²) in [5.41, 5.74) is 0.0567. The molecule has 0 amide bonds. The van der Waals surface area contributed by atoms with Crippen LogP contribution < -0.4 is 0 Å². The van der Waals surface area contributed by atoms with E-state index in [0.717, 1.165) is 31.2 Å². The Morgan fingerprint density at radius 3 is 2.00 bits per heavy atom. The Balaban J connectivity index is 2.85. The monoisotopic (exact) mass is 222 g/mol. The third kappa shape index (κ3) is 2.92. The van der Waals surface area contributed by atoms with Gasteiger partial charge in [0.15, 0.2) is 0 Å². The van der Waals surface area contributed by atoms with Crippen LogP contribution in [-0.2, 0) is 0 Å². The molecule has 0 aliphatic carbocycles. The molecule has 5 heteroatoms. The molecule has 1 aromatic carbocycles. The molecule has 2 atom stereocenters. The van der Waals surface area contributed by atoms with Crippen LogP contribution in [0.3, 0.4) is 0 Å². The van der Waals surface area contributed by atoms with Crippen molar-refractivity contribution >= 4 is 0 Å². The fourth-order valence-corrected chi connectivity index (χ4v) is 1.13. The average molecular weight is 222 g/mol. The number of hydrogen-bond donors (Lipinski definition) is 1. The van der Waals surface area contributed by atoms with Gasteiger partial charge in [0.2, 0.25) is 0 Å². The molecule has 0 aliphatic rings. The van der Waals surface area contributed by atoms with E-state index >= 15 is 0 Å². The van der Waals surface area contributed by atoms with Crippen molar-refractivity contribution in [3.05, 3.63) is 35.6 Å². The SMILES string of the molecule is C[C@H]([C@H](O)c1ccc(F)cc1)C(F)(F)F. The minimum atomic E-state index is -4.46. The van der Waals surface area contributed by atoms with Crippen molar-refractivity contribution in [1.82, 2.24) is 0 Å². The maximum atomic E-state index is 12.5. The van der Waals surface area contributed by atoms with Crippen molar-refractivity contribution in [1.29, 1.82) is 0 Å². The number of halogens is 4. The van der Waals surface area contributed by atoms with Crippen LogP contribution in [0.4, 0.5) is 17.6 Å². The first-order valence-corrected chi connectivity index (χ1v) is 4.32. The van der Waals surface area contributed by atoms with Gasteiger partial charge < -0.3 is 5.11 Å². The molecule has 0 aromatic heterocycles. The summed E-state index contributed by atoms with van der Waals surface area (Å²) in [5.74, 6) is -2.42. The van der Waals surface area contributed by atoms with Gasteiger partial charge in [-0.2, -0.15) is 13.2 Å². The number of aliphatic hydroxyl groups is 1. The lowest BCUT2D eigenvalue weighted by atomic mass is 9.97. The summed E-state index contributed by atoms with van der Waals surface area (Å²) in [7, 11) is 0. The van der Waals surface area contributed by atoms with E-state index in [-0.39, 0.29) is 5.56 Å². The third-order valence-corrected chi connectivity index (χ3v) is 2.20. The molecular weight excluding hydrogens is 212 g/mol. The lowest BCUT2D eigenvalue weighted by molar-refractivity contribution is -0.195. The Hall–Kier alpha value is -1.10. The lowest BCUT2D eigenvalue weighted by Gasteiger charge is -2.21. The molecule has 0 radical (unpaired) electrons. The molecule has 0 saturated carbocycles. The van der Waals surface area contributed by atoms with Crippen molar-refractivity contribution in [2.24, 2.45) is 5.92 Å². The van der Waals surface area contributed by atoms with Crippen LogP contribution >= 0.6 is 0 Å². The van der Waals surface area contributed by atoms with Gasteiger partial charge >= 0.3 is 6.18 Å². The first-order valence-electron chi connectivity index (χ1n) is 4.32. The van der Waals surface area contributed by atoms with Crippen LogP contribution in [0.2, 0.25) is 0 Å². The van der Waals surface area contributed by atoms with Crippen LogP contribution in [0.15, 0.2) is 24.3 Å². The van der Waals surface area contributed by atoms with Gasteiger partial charge in [0.25, 0.3) is 0 Å². The molecule has 1 nitrogen and oxygen atoms in total. The van der Waals surface area contributed by atoms with Crippen molar-refractivity contribution in [3.63, 3.8) is 0 Å². The predicted molar refractivity (Wildman–Crippen MR) is 46.6 cm³/mol. The zero-order valence-corrected chi connectivity index (χ0v) is 7.92. The van der Waals surface area contributed by atoms with Gasteiger partial charge in [0.1, 0.15) is 5.82 Å². The number of benzene rings is 1. The number of hydrogen-bond acceptors (Lipinski definition) is 1. The van der Waals surface area contributed by atoms with Crippen molar-refractivity contribution < 1.29 is 22.7 Å². The van der Waals surface area contributed by atoms with Gasteiger partial charge in [-0.15, -0.1) is 0 Å². The molecule has 0 spiro atoms. The molecule has 0 saturated heterocycles. The Morgan fingerprint density at radius 2 is 1.60 bits per heavy atom. The van der Waals surface area contributed by atoms with E-state index in [1.165, 1.54) is 0 Å². The zero-order chi connectivity index (χ0) is 11.6. The summed E-state index contributed by atoms with van der Waals surface area (Å²) in [6, 6.07) is 4.31. The highest BCUT2D eigenvalue weighted by atomic mass is 19.4. The number of aliphatic hydroxyl groups excluding tert-OH is 1. The fraction of sp³-hybridized carbons (Fsp3) is 0.400. The molecule has 0 aliphatic heterocycles. The summed E-state index contributed by atoms with van der Waals surface area (Å²) in [5, 5.41) is 9.37. The Morgan fingerprint density at radius 1 is 1.13 bits per heavy atom. The van der Waals surface area contributed by atoms with Crippen molar-refractivity contribution in [2.45, 2.75) is 19.2 Å². The second kappa shape index (κ2) is 4.18. The highest BCUT2D eigenvalue weighted by Crippen LogP contribution is 2.35. The highest BCUT2D eigenvalue weighted by molar-refractivity contribution is 5.19. The molecular formula is C10H10F4O. The van der Waals surface area contributed by atoms with Crippen LogP contribution in [0.1, 0.15) is 18.6 Å². The second-order valence-electron chi connectivity index (χ2n) is 3.33. The fourth-order valence-electron chi connectivity index (χ4n) is 1.13. The third-order valence-electron chi connectivity index (χ3n) is 2.20. The van der Waals surface area contributed by atoms with E-state index in [0.29, 0.717) is 0 Å². The summed E-state index contributed by atoms with van der Waals surface area (Å²) >= 11 is 0. The van der Waals surface area contributed by atoms with E-state index in [2.05, 4.69) is 0 Å². The van der Waals surface area contributed by atoms with Crippen LogP contribution in [0, 0.1) is 11.7 Å². The van der Waals surface area contributed by atoms with E-state index < -0.39 is 24.0 Å². The Bertz CT molecular complexity index is 317. The largest absolute Gasteiger partial charge is 0.394 e. The first kappa shape index (κ1) is 12.0. The van der Waals surface area contributed by atoms with Gasteiger partial charge in [-0.05, 0) is 17.7 Å². The summed E-state index contributed by atoms with van der Waals surface area (Å²) in [6.07, 6.45) is -6.13. The van der Waals surface area contributed by atoms with E-state index in [1.54, 1.807) is 0 Å². The molecule has 0 heterocycles.